The number of likely N-dealkylation sites (tertiary alicyclic amines) is 1. The summed E-state index contributed by atoms with van der Waals surface area (Å²) in [5.41, 5.74) is 0.884. The molecule has 0 aromatic heterocycles. The summed E-state index contributed by atoms with van der Waals surface area (Å²) in [7, 11) is -2.97. The first-order valence-electron chi connectivity index (χ1n) is 6.94. The summed E-state index contributed by atoms with van der Waals surface area (Å²) in [5, 5.41) is 0. The first-order chi connectivity index (χ1) is 9.16. The molecule has 1 fully saturated rings. The van der Waals surface area contributed by atoms with E-state index in [9.17, 15) is 8.42 Å². The van der Waals surface area contributed by atoms with Gasteiger partial charge in [-0.25, -0.2) is 8.42 Å². The summed E-state index contributed by atoms with van der Waals surface area (Å²) >= 11 is 0. The van der Waals surface area contributed by atoms with Crippen molar-refractivity contribution in [2.45, 2.75) is 25.0 Å². The number of sulfone groups is 1. The molecule has 0 atom stereocenters. The Morgan fingerprint density at radius 1 is 1.05 bits per heavy atom. The lowest BCUT2D eigenvalue weighted by Crippen LogP contribution is -2.31. The van der Waals surface area contributed by atoms with E-state index in [1.807, 2.05) is 30.3 Å². The van der Waals surface area contributed by atoms with Crippen LogP contribution in [0.5, 0.6) is 0 Å². The second-order valence-corrected chi connectivity index (χ2v) is 7.32. The van der Waals surface area contributed by atoms with Gasteiger partial charge in [-0.15, -0.1) is 0 Å². The third-order valence-electron chi connectivity index (χ3n) is 3.46. The van der Waals surface area contributed by atoms with Gasteiger partial charge in [-0.1, -0.05) is 30.3 Å². The Hall–Kier alpha value is -0.870. The molecule has 1 aromatic rings. The van der Waals surface area contributed by atoms with E-state index in [0.29, 0.717) is 5.75 Å². The highest BCUT2D eigenvalue weighted by Crippen LogP contribution is 2.10. The van der Waals surface area contributed by atoms with Crippen molar-refractivity contribution in [2.24, 2.45) is 0 Å². The molecule has 1 radical (unpaired) electrons. The standard InChI is InChI=1S/C15H22NO2S/c17-19(18,14-15-8-3-1-4-9-15)13-7-12-16-10-5-2-6-11-16/h1-4,8-9H,5-7,10-14H2. The van der Waals surface area contributed by atoms with E-state index in [0.717, 1.165) is 44.5 Å². The van der Waals surface area contributed by atoms with Gasteiger partial charge in [0.05, 0.1) is 11.5 Å². The lowest BCUT2D eigenvalue weighted by molar-refractivity contribution is 0.255. The monoisotopic (exact) mass is 280 g/mol. The van der Waals surface area contributed by atoms with Crippen molar-refractivity contribution in [1.82, 2.24) is 4.90 Å². The van der Waals surface area contributed by atoms with Gasteiger partial charge in [0.25, 0.3) is 0 Å². The van der Waals surface area contributed by atoms with Crippen LogP contribution in [-0.4, -0.2) is 38.7 Å². The Kier molecular flexibility index (Phi) is 5.40. The zero-order valence-electron chi connectivity index (χ0n) is 11.3. The van der Waals surface area contributed by atoms with Crippen molar-refractivity contribution in [2.75, 3.05) is 25.4 Å². The van der Waals surface area contributed by atoms with Crippen LogP contribution in [0.25, 0.3) is 0 Å². The maximum absolute atomic E-state index is 12.0. The number of piperidine rings is 1. The largest absolute Gasteiger partial charge is 0.303 e. The Morgan fingerprint density at radius 3 is 2.42 bits per heavy atom. The van der Waals surface area contributed by atoms with Crippen molar-refractivity contribution in [3.05, 3.63) is 42.3 Å². The van der Waals surface area contributed by atoms with Crippen LogP contribution < -0.4 is 0 Å². The molecule has 2 rings (SSSR count). The van der Waals surface area contributed by atoms with Crippen molar-refractivity contribution in [3.8, 4) is 0 Å². The first kappa shape index (κ1) is 14.5. The van der Waals surface area contributed by atoms with Gasteiger partial charge in [0.1, 0.15) is 0 Å². The topological polar surface area (TPSA) is 37.4 Å². The van der Waals surface area contributed by atoms with Crippen molar-refractivity contribution in [1.29, 1.82) is 0 Å². The predicted molar refractivity (Wildman–Crippen MR) is 78.5 cm³/mol. The molecule has 0 saturated carbocycles. The minimum absolute atomic E-state index is 0.168. The fourth-order valence-corrected chi connectivity index (χ4v) is 3.85. The molecule has 105 valence electrons. The molecule has 1 aliphatic heterocycles. The average Bonchev–Trinajstić information content (AvgIpc) is 2.40. The van der Waals surface area contributed by atoms with E-state index in [1.54, 1.807) is 0 Å². The van der Waals surface area contributed by atoms with Gasteiger partial charge in [-0.3, -0.25) is 0 Å². The minimum atomic E-state index is -2.97. The van der Waals surface area contributed by atoms with Crippen LogP contribution in [0.2, 0.25) is 0 Å². The number of rotatable bonds is 6. The van der Waals surface area contributed by atoms with Crippen LogP contribution in [0.4, 0.5) is 0 Å². The van der Waals surface area contributed by atoms with E-state index in [4.69, 9.17) is 0 Å². The minimum Gasteiger partial charge on any atom is -0.303 e. The third kappa shape index (κ3) is 5.33. The summed E-state index contributed by atoms with van der Waals surface area (Å²) in [6, 6.07) is 9.42. The summed E-state index contributed by atoms with van der Waals surface area (Å²) < 4.78 is 24.0. The Labute approximate surface area is 116 Å². The SMILES string of the molecule is O=S(=O)(CCCN1CC[CH]CC1)Cc1ccccc1. The quantitative estimate of drug-likeness (QED) is 0.802. The lowest BCUT2D eigenvalue weighted by Gasteiger charge is -2.26. The van der Waals surface area contributed by atoms with Crippen LogP contribution in [0, 0.1) is 6.42 Å². The molecule has 3 nitrogen and oxygen atoms in total. The molecular formula is C15H22NO2S. The van der Waals surface area contributed by atoms with Crippen LogP contribution in [0.15, 0.2) is 30.3 Å². The predicted octanol–water partition coefficient (Wildman–Crippen LogP) is 2.29. The molecule has 19 heavy (non-hydrogen) atoms. The van der Waals surface area contributed by atoms with Crippen LogP contribution in [-0.2, 0) is 15.6 Å². The van der Waals surface area contributed by atoms with Gasteiger partial charge < -0.3 is 4.90 Å². The zero-order chi connectivity index (χ0) is 13.6. The van der Waals surface area contributed by atoms with E-state index in [2.05, 4.69) is 11.3 Å². The van der Waals surface area contributed by atoms with Gasteiger partial charge in [0.15, 0.2) is 9.84 Å². The van der Waals surface area contributed by atoms with Gasteiger partial charge in [-0.05, 0) is 50.9 Å². The summed E-state index contributed by atoms with van der Waals surface area (Å²) in [5.74, 6) is 0.462. The van der Waals surface area contributed by atoms with Crippen molar-refractivity contribution < 1.29 is 8.42 Å². The van der Waals surface area contributed by atoms with Crippen LogP contribution in [0.3, 0.4) is 0 Å². The van der Waals surface area contributed by atoms with Gasteiger partial charge in [-0.2, -0.15) is 0 Å². The maximum Gasteiger partial charge on any atom is 0.154 e. The van der Waals surface area contributed by atoms with Crippen LogP contribution >= 0.6 is 0 Å². The molecule has 0 unspecified atom stereocenters. The zero-order valence-corrected chi connectivity index (χ0v) is 12.1. The number of benzene rings is 1. The molecule has 1 heterocycles. The first-order valence-corrected chi connectivity index (χ1v) is 8.76. The molecule has 1 aliphatic rings. The third-order valence-corrected chi connectivity index (χ3v) is 5.14. The van der Waals surface area contributed by atoms with Crippen molar-refractivity contribution >= 4 is 9.84 Å². The van der Waals surface area contributed by atoms with Crippen molar-refractivity contribution in [3.63, 3.8) is 0 Å². The highest BCUT2D eigenvalue weighted by atomic mass is 32.2. The summed E-state index contributed by atoms with van der Waals surface area (Å²) in [6.45, 7) is 3.07. The second-order valence-electron chi connectivity index (χ2n) is 5.14. The molecule has 0 aliphatic carbocycles. The average molecular weight is 280 g/mol. The fourth-order valence-electron chi connectivity index (χ4n) is 2.44. The number of hydrogen-bond acceptors (Lipinski definition) is 3. The summed E-state index contributed by atoms with van der Waals surface area (Å²) in [4.78, 5) is 2.36. The molecule has 0 bridgehead atoms. The fraction of sp³-hybridized carbons (Fsp3) is 0.533. The Bertz CT molecular complexity index is 464. The van der Waals surface area contributed by atoms with E-state index in [-0.39, 0.29) is 5.75 Å². The number of hydrogen-bond donors (Lipinski definition) is 0. The van der Waals surface area contributed by atoms with E-state index < -0.39 is 9.84 Å². The Balaban J connectivity index is 1.74. The highest BCUT2D eigenvalue weighted by molar-refractivity contribution is 7.90. The summed E-state index contributed by atoms with van der Waals surface area (Å²) in [6.07, 6.45) is 5.32. The molecule has 0 amide bonds. The highest BCUT2D eigenvalue weighted by Gasteiger charge is 2.14. The van der Waals surface area contributed by atoms with Gasteiger partial charge in [0.2, 0.25) is 0 Å². The molecule has 1 saturated heterocycles. The second kappa shape index (κ2) is 7.06. The van der Waals surface area contributed by atoms with Gasteiger partial charge >= 0.3 is 0 Å². The smallest absolute Gasteiger partial charge is 0.154 e. The molecule has 0 spiro atoms. The number of nitrogens with zero attached hydrogens (tertiary/aromatic N) is 1. The molecular weight excluding hydrogens is 258 g/mol. The normalized spacial score (nSPS) is 17.5. The lowest BCUT2D eigenvalue weighted by atomic mass is 10.1. The Morgan fingerprint density at radius 2 is 1.74 bits per heavy atom. The van der Waals surface area contributed by atoms with E-state index in [1.165, 1.54) is 0 Å². The molecule has 4 heteroatoms. The molecule has 0 N–H and O–H groups in total. The van der Waals surface area contributed by atoms with E-state index >= 15 is 0 Å². The van der Waals surface area contributed by atoms with Gasteiger partial charge in [0, 0.05) is 0 Å². The van der Waals surface area contributed by atoms with Crippen LogP contribution in [0.1, 0.15) is 24.8 Å². The molecule has 1 aromatic carbocycles. The maximum atomic E-state index is 12.0.